The first-order valence-electron chi connectivity index (χ1n) is 10.7. The lowest BCUT2D eigenvalue weighted by atomic mass is 9.87. The molecule has 34 heavy (non-hydrogen) atoms. The number of benzene rings is 2. The van der Waals surface area contributed by atoms with Gasteiger partial charge in [-0.2, -0.15) is 0 Å². The van der Waals surface area contributed by atoms with Gasteiger partial charge in [0.05, 0.1) is 22.0 Å². The summed E-state index contributed by atoms with van der Waals surface area (Å²) in [5.74, 6) is -0.915. The summed E-state index contributed by atoms with van der Waals surface area (Å²) in [4.78, 5) is 27.1. The van der Waals surface area contributed by atoms with Gasteiger partial charge in [-0.15, -0.1) is 0 Å². The molecule has 10 heteroatoms. The Morgan fingerprint density at radius 3 is 2.09 bits per heavy atom. The zero-order chi connectivity index (χ0) is 25.8. The Hall–Kier alpha value is -2.29. The first-order valence-corrected chi connectivity index (χ1v) is 13.3. The average molecular weight is 529 g/mol. The molecule has 0 saturated carbocycles. The van der Waals surface area contributed by atoms with Gasteiger partial charge in [0, 0.05) is 13.6 Å². The van der Waals surface area contributed by atoms with Gasteiger partial charge in [-0.1, -0.05) is 62.2 Å². The third kappa shape index (κ3) is 7.10. The minimum absolute atomic E-state index is 0.0465. The van der Waals surface area contributed by atoms with Crippen LogP contribution in [0.4, 0.5) is 5.69 Å². The lowest BCUT2D eigenvalue weighted by molar-refractivity contribution is -0.139. The van der Waals surface area contributed by atoms with Crippen LogP contribution < -0.4 is 9.62 Å². The molecule has 0 aromatic heterocycles. The van der Waals surface area contributed by atoms with Crippen molar-refractivity contribution in [2.45, 2.75) is 45.7 Å². The molecule has 7 nitrogen and oxygen atoms in total. The van der Waals surface area contributed by atoms with E-state index in [1.165, 1.54) is 11.9 Å². The van der Waals surface area contributed by atoms with Crippen LogP contribution in [-0.2, 0) is 31.6 Å². The van der Waals surface area contributed by atoms with E-state index in [1.807, 2.05) is 12.1 Å². The van der Waals surface area contributed by atoms with Gasteiger partial charge >= 0.3 is 0 Å². The van der Waals surface area contributed by atoms with Crippen molar-refractivity contribution in [2.24, 2.45) is 0 Å². The van der Waals surface area contributed by atoms with Crippen molar-refractivity contribution in [3.8, 4) is 0 Å². The van der Waals surface area contributed by atoms with E-state index in [-0.39, 0.29) is 17.9 Å². The molecule has 2 rings (SSSR count). The topological polar surface area (TPSA) is 86.8 Å². The molecular formula is C24H31Cl2N3O4S. The van der Waals surface area contributed by atoms with Crippen LogP contribution in [0.1, 0.15) is 38.8 Å². The average Bonchev–Trinajstić information content (AvgIpc) is 2.75. The van der Waals surface area contributed by atoms with Crippen LogP contribution in [0, 0.1) is 0 Å². The lowest BCUT2D eigenvalue weighted by Gasteiger charge is -2.31. The smallest absolute Gasteiger partial charge is 0.244 e. The van der Waals surface area contributed by atoms with E-state index >= 15 is 0 Å². The molecule has 1 N–H and O–H groups in total. The van der Waals surface area contributed by atoms with Gasteiger partial charge in [0.25, 0.3) is 0 Å². The number of nitrogens with zero attached hydrogens (tertiary/aromatic N) is 2. The minimum atomic E-state index is -3.78. The first-order chi connectivity index (χ1) is 15.6. The number of halogens is 2. The predicted octanol–water partition coefficient (Wildman–Crippen LogP) is 4.22. The van der Waals surface area contributed by atoms with Gasteiger partial charge in [-0.25, -0.2) is 8.42 Å². The summed E-state index contributed by atoms with van der Waals surface area (Å²) < 4.78 is 26.3. The summed E-state index contributed by atoms with van der Waals surface area (Å²) in [5.41, 5.74) is 1.94. The Morgan fingerprint density at radius 2 is 1.62 bits per heavy atom. The molecular weight excluding hydrogens is 497 g/mol. The molecule has 0 radical (unpaired) electrons. The van der Waals surface area contributed by atoms with Crippen molar-refractivity contribution in [1.29, 1.82) is 0 Å². The summed E-state index contributed by atoms with van der Waals surface area (Å²) in [6, 6.07) is 11.1. The molecule has 0 bridgehead atoms. The monoisotopic (exact) mass is 527 g/mol. The SMILES string of the molecule is CNC(=O)[C@@H](C)N(Cc1ccc(Cl)c(Cl)c1)C(=O)CN(c1ccc(C(C)(C)C)cc1)S(C)(=O)=O. The maximum atomic E-state index is 13.4. The normalized spacial score (nSPS) is 12.7. The van der Waals surface area contributed by atoms with Gasteiger partial charge < -0.3 is 10.2 Å². The molecule has 0 fully saturated rings. The Morgan fingerprint density at radius 1 is 1.03 bits per heavy atom. The lowest BCUT2D eigenvalue weighted by Crippen LogP contribution is -2.50. The number of nitrogens with one attached hydrogen (secondary N) is 1. The van der Waals surface area contributed by atoms with Crippen molar-refractivity contribution in [1.82, 2.24) is 10.2 Å². The molecule has 186 valence electrons. The molecule has 0 aliphatic carbocycles. The maximum absolute atomic E-state index is 13.4. The third-order valence-corrected chi connectivity index (χ3v) is 7.33. The van der Waals surface area contributed by atoms with Crippen LogP contribution in [0.3, 0.4) is 0 Å². The maximum Gasteiger partial charge on any atom is 0.244 e. The van der Waals surface area contributed by atoms with Crippen LogP contribution in [-0.4, -0.2) is 51.0 Å². The van der Waals surface area contributed by atoms with E-state index in [0.717, 1.165) is 16.1 Å². The summed E-state index contributed by atoms with van der Waals surface area (Å²) in [6.45, 7) is 7.33. The standard InChI is InChI=1S/C24H31Cl2N3O4S/c1-16(23(31)27-5)28(14-17-7-12-20(25)21(26)13-17)22(30)15-29(34(6,32)33)19-10-8-18(9-11-19)24(2,3)4/h7-13,16H,14-15H2,1-6H3,(H,27,31)/t16-/m1/s1. The second-order valence-corrected chi connectivity index (χ2v) is 11.8. The minimum Gasteiger partial charge on any atom is -0.357 e. The molecule has 0 spiro atoms. The molecule has 2 aromatic carbocycles. The molecule has 1 atom stereocenters. The predicted molar refractivity (Wildman–Crippen MR) is 138 cm³/mol. The van der Waals surface area contributed by atoms with Gasteiger partial charge in [-0.3, -0.25) is 13.9 Å². The number of amides is 2. The number of anilines is 1. The molecule has 0 aliphatic rings. The van der Waals surface area contributed by atoms with E-state index in [2.05, 4.69) is 26.1 Å². The highest BCUT2D eigenvalue weighted by atomic mass is 35.5. The highest BCUT2D eigenvalue weighted by molar-refractivity contribution is 7.92. The van der Waals surface area contributed by atoms with E-state index < -0.39 is 28.5 Å². The second-order valence-electron chi connectivity index (χ2n) is 9.13. The van der Waals surface area contributed by atoms with Crippen LogP contribution >= 0.6 is 23.2 Å². The fourth-order valence-electron chi connectivity index (χ4n) is 3.37. The molecule has 0 saturated heterocycles. The van der Waals surface area contributed by atoms with Crippen LogP contribution in [0.5, 0.6) is 0 Å². The number of sulfonamides is 1. The zero-order valence-corrected chi connectivity index (χ0v) is 22.6. The van der Waals surface area contributed by atoms with E-state index in [4.69, 9.17) is 23.2 Å². The number of likely N-dealkylation sites (N-methyl/N-ethyl adjacent to an activating group) is 1. The fourth-order valence-corrected chi connectivity index (χ4v) is 4.54. The van der Waals surface area contributed by atoms with Gasteiger partial charge in [-0.05, 0) is 47.7 Å². The Kier molecular flexibility index (Phi) is 9.02. The number of hydrogen-bond donors (Lipinski definition) is 1. The van der Waals surface area contributed by atoms with Gasteiger partial charge in [0.1, 0.15) is 12.6 Å². The quantitative estimate of drug-likeness (QED) is 0.556. The first kappa shape index (κ1) is 28.0. The van der Waals surface area contributed by atoms with Crippen molar-refractivity contribution < 1.29 is 18.0 Å². The van der Waals surface area contributed by atoms with Crippen LogP contribution in [0.25, 0.3) is 0 Å². The van der Waals surface area contributed by atoms with Gasteiger partial charge in [0.2, 0.25) is 21.8 Å². The summed E-state index contributed by atoms with van der Waals surface area (Å²) in [5, 5.41) is 3.21. The number of carbonyl (C=O) groups excluding carboxylic acids is 2. The highest BCUT2D eigenvalue weighted by Gasteiger charge is 2.30. The molecule has 0 heterocycles. The molecule has 2 amide bonds. The molecule has 0 aliphatic heterocycles. The van der Waals surface area contributed by atoms with E-state index in [1.54, 1.807) is 37.3 Å². The summed E-state index contributed by atoms with van der Waals surface area (Å²) >= 11 is 12.1. The summed E-state index contributed by atoms with van der Waals surface area (Å²) in [7, 11) is -2.31. The highest BCUT2D eigenvalue weighted by Crippen LogP contribution is 2.27. The van der Waals surface area contributed by atoms with Crippen molar-refractivity contribution in [3.05, 3.63) is 63.6 Å². The van der Waals surface area contributed by atoms with Crippen molar-refractivity contribution >= 4 is 50.7 Å². The largest absolute Gasteiger partial charge is 0.357 e. The van der Waals surface area contributed by atoms with E-state index in [9.17, 15) is 18.0 Å². The van der Waals surface area contributed by atoms with E-state index in [0.29, 0.717) is 21.3 Å². The number of hydrogen-bond acceptors (Lipinski definition) is 4. The number of rotatable bonds is 8. The second kappa shape index (κ2) is 11.0. The Balaban J connectivity index is 2.40. The molecule has 0 unspecified atom stereocenters. The van der Waals surface area contributed by atoms with Crippen molar-refractivity contribution in [2.75, 3.05) is 24.2 Å². The number of carbonyl (C=O) groups is 2. The van der Waals surface area contributed by atoms with Crippen LogP contribution in [0.2, 0.25) is 10.0 Å². The molecule has 2 aromatic rings. The zero-order valence-electron chi connectivity index (χ0n) is 20.2. The fraction of sp³-hybridized carbons (Fsp3) is 0.417. The third-order valence-electron chi connectivity index (χ3n) is 5.45. The Bertz CT molecular complexity index is 1150. The van der Waals surface area contributed by atoms with Crippen molar-refractivity contribution in [3.63, 3.8) is 0 Å². The van der Waals surface area contributed by atoms with Crippen LogP contribution in [0.15, 0.2) is 42.5 Å². The Labute approximate surface area is 212 Å². The summed E-state index contributed by atoms with van der Waals surface area (Å²) in [6.07, 6.45) is 1.05. The van der Waals surface area contributed by atoms with Gasteiger partial charge in [0.15, 0.2) is 0 Å².